The van der Waals surface area contributed by atoms with Crippen molar-refractivity contribution in [3.8, 4) is 17.2 Å². The Morgan fingerprint density at radius 3 is 2.41 bits per heavy atom. The quantitative estimate of drug-likeness (QED) is 0.703. The van der Waals surface area contributed by atoms with Crippen LogP contribution in [0, 0.1) is 0 Å². The second-order valence-electron chi connectivity index (χ2n) is 6.86. The van der Waals surface area contributed by atoms with Crippen molar-refractivity contribution in [1.29, 1.82) is 0 Å². The van der Waals surface area contributed by atoms with Gasteiger partial charge < -0.3 is 24.3 Å². The van der Waals surface area contributed by atoms with Crippen molar-refractivity contribution in [2.75, 3.05) is 20.3 Å². The number of carbonyl (C=O) groups is 1. The summed E-state index contributed by atoms with van der Waals surface area (Å²) in [7, 11) is 1.57. The molecule has 0 aliphatic rings. The number of nitrogens with one attached hydrogen (secondary N) is 1. The summed E-state index contributed by atoms with van der Waals surface area (Å²) in [6.07, 6.45) is -0.470. The van der Waals surface area contributed by atoms with Gasteiger partial charge in [0, 0.05) is 6.07 Å². The molecule has 6 nitrogen and oxygen atoms in total. The minimum absolute atomic E-state index is 0.291. The first-order chi connectivity index (χ1) is 12.9. The molecule has 6 heteroatoms. The van der Waals surface area contributed by atoms with E-state index in [-0.39, 0.29) is 0 Å². The summed E-state index contributed by atoms with van der Waals surface area (Å²) in [5, 5.41) is 2.65. The molecule has 1 N–H and O–H groups in total. The summed E-state index contributed by atoms with van der Waals surface area (Å²) in [6, 6.07) is 15.3. The van der Waals surface area contributed by atoms with Gasteiger partial charge in [0.05, 0.1) is 13.7 Å². The monoisotopic (exact) mass is 373 g/mol. The largest absolute Gasteiger partial charge is 0.493 e. The van der Waals surface area contributed by atoms with Crippen LogP contribution in [0.1, 0.15) is 26.3 Å². The highest BCUT2D eigenvalue weighted by Crippen LogP contribution is 2.31. The first kappa shape index (κ1) is 20.4. The van der Waals surface area contributed by atoms with E-state index in [9.17, 15) is 4.79 Å². The van der Waals surface area contributed by atoms with Gasteiger partial charge in [-0.3, -0.25) is 0 Å². The first-order valence-corrected chi connectivity index (χ1v) is 8.82. The Hall–Kier alpha value is -2.89. The van der Waals surface area contributed by atoms with Gasteiger partial charge in [-0.15, -0.1) is 0 Å². The van der Waals surface area contributed by atoms with Crippen molar-refractivity contribution in [2.45, 2.75) is 33.0 Å². The van der Waals surface area contributed by atoms with Crippen LogP contribution in [0.5, 0.6) is 17.2 Å². The van der Waals surface area contributed by atoms with Crippen LogP contribution in [0.15, 0.2) is 48.5 Å². The van der Waals surface area contributed by atoms with Gasteiger partial charge in [-0.05, 0) is 38.5 Å². The van der Waals surface area contributed by atoms with Crippen LogP contribution in [0.25, 0.3) is 0 Å². The van der Waals surface area contributed by atoms with Crippen LogP contribution in [0.4, 0.5) is 4.79 Å². The third kappa shape index (κ3) is 7.48. The fourth-order valence-corrected chi connectivity index (χ4v) is 2.23. The van der Waals surface area contributed by atoms with E-state index in [2.05, 4.69) is 5.32 Å². The average molecular weight is 373 g/mol. The molecule has 0 atom stereocenters. The van der Waals surface area contributed by atoms with Gasteiger partial charge in [0.1, 0.15) is 24.6 Å². The number of rotatable bonds is 8. The SMILES string of the molecule is COc1cc(OCc2ccccc2)ccc1OCCNC(=O)OC(C)(C)C. The van der Waals surface area contributed by atoms with Crippen LogP contribution < -0.4 is 19.5 Å². The maximum absolute atomic E-state index is 11.6. The zero-order valence-electron chi connectivity index (χ0n) is 16.3. The lowest BCUT2D eigenvalue weighted by Gasteiger charge is -2.19. The third-order valence-electron chi connectivity index (χ3n) is 3.41. The van der Waals surface area contributed by atoms with Gasteiger partial charge in [0.25, 0.3) is 0 Å². The molecule has 0 radical (unpaired) electrons. The summed E-state index contributed by atoms with van der Waals surface area (Å²) in [5.74, 6) is 1.84. The lowest BCUT2D eigenvalue weighted by Crippen LogP contribution is -2.34. The first-order valence-electron chi connectivity index (χ1n) is 8.82. The molecule has 1 amide bonds. The number of ether oxygens (including phenoxy) is 4. The summed E-state index contributed by atoms with van der Waals surface area (Å²) >= 11 is 0. The van der Waals surface area contributed by atoms with Gasteiger partial charge in [0.15, 0.2) is 11.5 Å². The predicted molar refractivity (Wildman–Crippen MR) is 103 cm³/mol. The third-order valence-corrected chi connectivity index (χ3v) is 3.41. The summed E-state index contributed by atoms with van der Waals surface area (Å²) in [5.41, 5.74) is 0.564. The van der Waals surface area contributed by atoms with Crippen molar-refractivity contribution in [1.82, 2.24) is 5.32 Å². The van der Waals surface area contributed by atoms with E-state index in [0.717, 1.165) is 5.56 Å². The van der Waals surface area contributed by atoms with Gasteiger partial charge in [-0.1, -0.05) is 30.3 Å². The van der Waals surface area contributed by atoms with Gasteiger partial charge in [-0.25, -0.2) is 4.79 Å². The molecular weight excluding hydrogens is 346 g/mol. The molecule has 2 aromatic carbocycles. The summed E-state index contributed by atoms with van der Waals surface area (Å²) < 4.78 is 22.0. The highest BCUT2D eigenvalue weighted by molar-refractivity contribution is 5.67. The number of methoxy groups -OCH3 is 1. The molecule has 146 valence electrons. The van der Waals surface area contributed by atoms with Crippen molar-refractivity contribution in [3.63, 3.8) is 0 Å². The molecule has 0 spiro atoms. The zero-order chi connectivity index (χ0) is 19.7. The molecule has 0 aliphatic heterocycles. The van der Waals surface area contributed by atoms with Crippen molar-refractivity contribution in [3.05, 3.63) is 54.1 Å². The van der Waals surface area contributed by atoms with Crippen molar-refractivity contribution in [2.24, 2.45) is 0 Å². The minimum Gasteiger partial charge on any atom is -0.493 e. The Labute approximate surface area is 160 Å². The van der Waals surface area contributed by atoms with Gasteiger partial charge in [0.2, 0.25) is 0 Å². The molecule has 0 bridgehead atoms. The molecule has 0 saturated carbocycles. The van der Waals surface area contributed by atoms with Crippen LogP contribution >= 0.6 is 0 Å². The Morgan fingerprint density at radius 2 is 1.74 bits per heavy atom. The molecule has 27 heavy (non-hydrogen) atoms. The topological polar surface area (TPSA) is 66.0 Å². The highest BCUT2D eigenvalue weighted by atomic mass is 16.6. The Morgan fingerprint density at radius 1 is 1.00 bits per heavy atom. The second-order valence-corrected chi connectivity index (χ2v) is 6.86. The lowest BCUT2D eigenvalue weighted by molar-refractivity contribution is 0.0520. The normalized spacial score (nSPS) is 10.8. The predicted octanol–water partition coefficient (Wildman–Crippen LogP) is 4.18. The molecular formula is C21H27NO5. The Bertz CT molecular complexity index is 725. The standard InChI is InChI=1S/C21H27NO5/c1-21(2,3)27-20(23)22-12-13-25-18-11-10-17(14-19(18)24-4)26-15-16-8-6-5-7-9-16/h5-11,14H,12-13,15H2,1-4H3,(H,22,23). The van der Waals surface area contributed by atoms with Crippen molar-refractivity contribution < 1.29 is 23.7 Å². The fraction of sp³-hybridized carbons (Fsp3) is 0.381. The van der Waals surface area contributed by atoms with Crippen LogP contribution in [0.2, 0.25) is 0 Å². The molecule has 0 aromatic heterocycles. The van der Waals surface area contributed by atoms with Crippen molar-refractivity contribution >= 4 is 6.09 Å². The molecule has 2 aromatic rings. The summed E-state index contributed by atoms with van der Waals surface area (Å²) in [6.45, 7) is 6.54. The Balaban J connectivity index is 1.82. The zero-order valence-corrected chi connectivity index (χ0v) is 16.3. The smallest absolute Gasteiger partial charge is 0.407 e. The second kappa shape index (κ2) is 9.71. The number of alkyl carbamates (subject to hydrolysis) is 1. The number of hydrogen-bond donors (Lipinski definition) is 1. The van der Waals surface area contributed by atoms with E-state index in [0.29, 0.717) is 37.0 Å². The van der Waals surface area contributed by atoms with E-state index < -0.39 is 11.7 Å². The molecule has 0 unspecified atom stereocenters. The average Bonchev–Trinajstić information content (AvgIpc) is 2.63. The van der Waals surface area contributed by atoms with E-state index in [1.54, 1.807) is 19.2 Å². The molecule has 0 fully saturated rings. The Kier molecular flexibility index (Phi) is 7.34. The maximum Gasteiger partial charge on any atom is 0.407 e. The molecule has 0 saturated heterocycles. The van der Waals surface area contributed by atoms with E-state index >= 15 is 0 Å². The van der Waals surface area contributed by atoms with Crippen LogP contribution in [0.3, 0.4) is 0 Å². The number of hydrogen-bond acceptors (Lipinski definition) is 5. The highest BCUT2D eigenvalue weighted by Gasteiger charge is 2.15. The fourth-order valence-electron chi connectivity index (χ4n) is 2.23. The van der Waals surface area contributed by atoms with E-state index in [4.69, 9.17) is 18.9 Å². The maximum atomic E-state index is 11.6. The van der Waals surface area contributed by atoms with E-state index in [1.165, 1.54) is 0 Å². The molecule has 2 rings (SSSR count). The van der Waals surface area contributed by atoms with Gasteiger partial charge in [-0.2, -0.15) is 0 Å². The van der Waals surface area contributed by atoms with Crippen LogP contribution in [-0.2, 0) is 11.3 Å². The van der Waals surface area contributed by atoms with Gasteiger partial charge >= 0.3 is 6.09 Å². The number of carbonyl (C=O) groups excluding carboxylic acids is 1. The number of benzene rings is 2. The minimum atomic E-state index is -0.524. The molecule has 0 heterocycles. The van der Waals surface area contributed by atoms with E-state index in [1.807, 2.05) is 57.2 Å². The summed E-state index contributed by atoms with van der Waals surface area (Å²) in [4.78, 5) is 11.6. The lowest BCUT2D eigenvalue weighted by atomic mass is 10.2. The molecule has 0 aliphatic carbocycles. The van der Waals surface area contributed by atoms with Crippen LogP contribution in [-0.4, -0.2) is 32.0 Å². The number of amides is 1.